The van der Waals surface area contributed by atoms with E-state index in [-0.39, 0.29) is 6.01 Å². The summed E-state index contributed by atoms with van der Waals surface area (Å²) >= 11 is 3.27. The molecule has 2 aromatic rings. The van der Waals surface area contributed by atoms with E-state index in [1.165, 1.54) is 7.11 Å². The van der Waals surface area contributed by atoms with Gasteiger partial charge in [-0.2, -0.15) is 4.98 Å². The number of hydrogen-bond donors (Lipinski definition) is 0. The average Bonchev–Trinajstić information content (AvgIpc) is 2.41. The summed E-state index contributed by atoms with van der Waals surface area (Å²) in [7, 11) is 3.10. The smallest absolute Gasteiger partial charge is 0.325 e. The van der Waals surface area contributed by atoms with Crippen LogP contribution in [0.4, 0.5) is 0 Å². The van der Waals surface area contributed by atoms with E-state index in [0.29, 0.717) is 21.9 Å². The maximum absolute atomic E-state index is 5.55. The van der Waals surface area contributed by atoms with Gasteiger partial charge >= 0.3 is 6.01 Å². The normalized spacial score (nSPS) is 9.94. The summed E-state index contributed by atoms with van der Waals surface area (Å²) in [6.45, 7) is 0. The molecular formula is C12H11BrN2O3. The fraction of sp³-hybridized carbons (Fsp3) is 0.167. The largest absolute Gasteiger partial charge is 0.493 e. The highest BCUT2D eigenvalue weighted by Gasteiger charge is 2.09. The van der Waals surface area contributed by atoms with Crippen molar-refractivity contribution >= 4 is 15.9 Å². The van der Waals surface area contributed by atoms with E-state index in [1.807, 2.05) is 12.1 Å². The molecule has 0 saturated heterocycles. The topological polar surface area (TPSA) is 53.5 Å². The minimum absolute atomic E-state index is 0.194. The third-order valence-corrected chi connectivity index (χ3v) is 2.70. The molecule has 0 amide bonds. The number of ether oxygens (including phenoxy) is 3. The van der Waals surface area contributed by atoms with Gasteiger partial charge in [-0.15, -0.1) is 0 Å². The second-order valence-corrected chi connectivity index (χ2v) is 4.12. The Morgan fingerprint density at radius 2 is 1.78 bits per heavy atom. The van der Waals surface area contributed by atoms with Crippen LogP contribution in [0.25, 0.3) is 0 Å². The van der Waals surface area contributed by atoms with Gasteiger partial charge in [0.25, 0.3) is 0 Å². The van der Waals surface area contributed by atoms with Crippen molar-refractivity contribution in [3.8, 4) is 23.4 Å². The number of aromatic nitrogens is 2. The van der Waals surface area contributed by atoms with Crippen LogP contribution in [0.2, 0.25) is 0 Å². The van der Waals surface area contributed by atoms with E-state index in [2.05, 4.69) is 25.9 Å². The van der Waals surface area contributed by atoms with Crippen molar-refractivity contribution in [3.63, 3.8) is 0 Å². The summed E-state index contributed by atoms with van der Waals surface area (Å²) < 4.78 is 16.5. The van der Waals surface area contributed by atoms with Gasteiger partial charge in [0.05, 0.1) is 24.9 Å². The summed E-state index contributed by atoms with van der Waals surface area (Å²) in [5, 5.41) is 0. The van der Waals surface area contributed by atoms with Gasteiger partial charge in [0, 0.05) is 0 Å². The standard InChI is InChI=1S/C12H11BrN2O3/c1-16-9-5-3-4-6-10(9)18-12-14-7-8(13)11(15-12)17-2/h3-7H,1-2H3. The van der Waals surface area contributed by atoms with Crippen LogP contribution in [0.3, 0.4) is 0 Å². The number of benzene rings is 1. The van der Waals surface area contributed by atoms with E-state index in [4.69, 9.17) is 14.2 Å². The maximum atomic E-state index is 5.55. The monoisotopic (exact) mass is 310 g/mol. The number of methoxy groups -OCH3 is 2. The Kier molecular flexibility index (Phi) is 3.99. The molecule has 1 aromatic heterocycles. The van der Waals surface area contributed by atoms with Gasteiger partial charge in [-0.25, -0.2) is 4.98 Å². The van der Waals surface area contributed by atoms with Crippen molar-refractivity contribution in [2.45, 2.75) is 0 Å². The van der Waals surface area contributed by atoms with Crippen LogP contribution in [-0.4, -0.2) is 24.2 Å². The zero-order valence-corrected chi connectivity index (χ0v) is 11.5. The third-order valence-electron chi connectivity index (χ3n) is 2.15. The van der Waals surface area contributed by atoms with Gasteiger partial charge in [0.2, 0.25) is 5.88 Å². The number of hydrogen-bond acceptors (Lipinski definition) is 5. The highest BCUT2D eigenvalue weighted by molar-refractivity contribution is 9.10. The first-order valence-electron chi connectivity index (χ1n) is 5.12. The van der Waals surface area contributed by atoms with Crippen molar-refractivity contribution in [1.29, 1.82) is 0 Å². The predicted octanol–water partition coefficient (Wildman–Crippen LogP) is 3.05. The Labute approximate surface area is 113 Å². The summed E-state index contributed by atoms with van der Waals surface area (Å²) in [5.74, 6) is 1.57. The second kappa shape index (κ2) is 5.68. The van der Waals surface area contributed by atoms with Gasteiger partial charge in [-0.1, -0.05) is 12.1 Å². The van der Waals surface area contributed by atoms with Crippen LogP contribution in [0.15, 0.2) is 34.9 Å². The first-order chi connectivity index (χ1) is 8.74. The number of rotatable bonds is 4. The molecule has 0 aliphatic rings. The molecule has 0 aliphatic heterocycles. The van der Waals surface area contributed by atoms with Crippen LogP contribution in [0, 0.1) is 0 Å². The Hall–Kier alpha value is -1.82. The van der Waals surface area contributed by atoms with Crippen molar-refractivity contribution in [1.82, 2.24) is 9.97 Å². The minimum Gasteiger partial charge on any atom is -0.493 e. The van der Waals surface area contributed by atoms with Crippen LogP contribution in [-0.2, 0) is 0 Å². The molecule has 0 unspecified atom stereocenters. The molecule has 0 saturated carbocycles. The van der Waals surface area contributed by atoms with Gasteiger partial charge in [0.15, 0.2) is 11.5 Å². The Morgan fingerprint density at radius 1 is 1.06 bits per heavy atom. The molecule has 1 heterocycles. The van der Waals surface area contributed by atoms with E-state index < -0.39 is 0 Å². The molecule has 0 N–H and O–H groups in total. The Morgan fingerprint density at radius 3 is 2.44 bits per heavy atom. The molecule has 6 heteroatoms. The SMILES string of the molecule is COc1ccccc1Oc1ncc(Br)c(OC)n1. The lowest BCUT2D eigenvalue weighted by atomic mass is 10.3. The molecule has 1 aromatic carbocycles. The van der Waals surface area contributed by atoms with Crippen molar-refractivity contribution < 1.29 is 14.2 Å². The van der Waals surface area contributed by atoms with Crippen LogP contribution >= 0.6 is 15.9 Å². The zero-order valence-electron chi connectivity index (χ0n) is 9.88. The van der Waals surface area contributed by atoms with E-state index in [9.17, 15) is 0 Å². The van der Waals surface area contributed by atoms with Gasteiger partial charge in [-0.05, 0) is 28.1 Å². The summed E-state index contributed by atoms with van der Waals surface area (Å²) in [5.41, 5.74) is 0. The first kappa shape index (κ1) is 12.6. The van der Waals surface area contributed by atoms with Crippen LogP contribution < -0.4 is 14.2 Å². The second-order valence-electron chi connectivity index (χ2n) is 3.26. The Bertz CT molecular complexity index is 549. The van der Waals surface area contributed by atoms with Gasteiger partial charge in [0.1, 0.15) is 0 Å². The molecule has 0 aliphatic carbocycles. The van der Waals surface area contributed by atoms with Crippen molar-refractivity contribution in [2.75, 3.05) is 14.2 Å². The number of halogens is 1. The molecule has 0 fully saturated rings. The lowest BCUT2D eigenvalue weighted by Crippen LogP contribution is -1.97. The lowest BCUT2D eigenvalue weighted by Gasteiger charge is -2.09. The van der Waals surface area contributed by atoms with Crippen molar-refractivity contribution in [3.05, 3.63) is 34.9 Å². The molecule has 5 nitrogen and oxygen atoms in total. The van der Waals surface area contributed by atoms with Crippen LogP contribution in [0.1, 0.15) is 0 Å². The Balaban J connectivity index is 2.28. The quantitative estimate of drug-likeness (QED) is 0.868. The molecule has 0 atom stereocenters. The minimum atomic E-state index is 0.194. The average molecular weight is 311 g/mol. The molecule has 0 radical (unpaired) electrons. The third kappa shape index (κ3) is 2.70. The summed E-state index contributed by atoms with van der Waals surface area (Å²) in [4.78, 5) is 8.15. The first-order valence-corrected chi connectivity index (χ1v) is 5.91. The highest BCUT2D eigenvalue weighted by atomic mass is 79.9. The molecule has 2 rings (SSSR count). The van der Waals surface area contributed by atoms with Crippen molar-refractivity contribution in [2.24, 2.45) is 0 Å². The zero-order chi connectivity index (χ0) is 13.0. The number of para-hydroxylation sites is 2. The molecule has 94 valence electrons. The van der Waals surface area contributed by atoms with E-state index in [0.717, 1.165) is 0 Å². The van der Waals surface area contributed by atoms with E-state index >= 15 is 0 Å². The van der Waals surface area contributed by atoms with E-state index in [1.54, 1.807) is 25.4 Å². The summed E-state index contributed by atoms with van der Waals surface area (Å²) in [6.07, 6.45) is 1.57. The highest BCUT2D eigenvalue weighted by Crippen LogP contribution is 2.31. The molecule has 0 bridgehead atoms. The fourth-order valence-corrected chi connectivity index (χ4v) is 1.68. The maximum Gasteiger partial charge on any atom is 0.325 e. The van der Waals surface area contributed by atoms with Crippen LogP contribution in [0.5, 0.6) is 23.4 Å². The molecule has 0 spiro atoms. The van der Waals surface area contributed by atoms with Gasteiger partial charge in [-0.3, -0.25) is 0 Å². The molecular weight excluding hydrogens is 300 g/mol. The lowest BCUT2D eigenvalue weighted by molar-refractivity contribution is 0.353. The number of nitrogens with zero attached hydrogens (tertiary/aromatic N) is 2. The summed E-state index contributed by atoms with van der Waals surface area (Å²) in [6, 6.07) is 7.46. The fourth-order valence-electron chi connectivity index (χ4n) is 1.33. The van der Waals surface area contributed by atoms with Gasteiger partial charge < -0.3 is 14.2 Å². The predicted molar refractivity (Wildman–Crippen MR) is 69.4 cm³/mol. The molecule has 18 heavy (non-hydrogen) atoms.